The quantitative estimate of drug-likeness (QED) is 0.912. The molecule has 1 aromatic heterocycles. The molecule has 0 fully saturated rings. The van der Waals surface area contributed by atoms with Gasteiger partial charge in [0.25, 0.3) is 0 Å². The molecule has 4 heteroatoms. The van der Waals surface area contributed by atoms with Crippen LogP contribution in [0.2, 0.25) is 0 Å². The van der Waals surface area contributed by atoms with Crippen molar-refractivity contribution in [3.05, 3.63) is 29.0 Å². The molecular formula is C10H11BrN2O. The molecule has 2 aromatic rings. The summed E-state index contributed by atoms with van der Waals surface area (Å²) in [6, 6.07) is 6.00. The maximum absolute atomic E-state index is 8.75. The van der Waals surface area contributed by atoms with E-state index in [0.29, 0.717) is 0 Å². The van der Waals surface area contributed by atoms with Crippen molar-refractivity contribution in [2.24, 2.45) is 0 Å². The van der Waals surface area contributed by atoms with Crippen molar-refractivity contribution < 1.29 is 5.11 Å². The van der Waals surface area contributed by atoms with Crippen molar-refractivity contribution in [2.45, 2.75) is 13.0 Å². The van der Waals surface area contributed by atoms with Gasteiger partial charge >= 0.3 is 0 Å². The summed E-state index contributed by atoms with van der Waals surface area (Å²) < 4.78 is 3.10. The van der Waals surface area contributed by atoms with Gasteiger partial charge in [-0.3, -0.25) is 0 Å². The molecule has 0 saturated carbocycles. The predicted octanol–water partition coefficient (Wildman–Crippen LogP) is 2.18. The minimum Gasteiger partial charge on any atom is -0.396 e. The van der Waals surface area contributed by atoms with Crippen LogP contribution in [-0.2, 0) is 6.54 Å². The van der Waals surface area contributed by atoms with Crippen LogP contribution in [0, 0.1) is 0 Å². The first-order valence-corrected chi connectivity index (χ1v) is 5.32. The second-order valence-corrected chi connectivity index (χ2v) is 4.06. The molecule has 0 atom stereocenters. The van der Waals surface area contributed by atoms with Crippen LogP contribution in [0.5, 0.6) is 0 Å². The molecule has 1 heterocycles. The highest BCUT2D eigenvalue weighted by atomic mass is 79.9. The van der Waals surface area contributed by atoms with Crippen LogP contribution in [0.25, 0.3) is 11.0 Å². The Labute approximate surface area is 90.5 Å². The highest BCUT2D eigenvalue weighted by molar-refractivity contribution is 9.10. The van der Waals surface area contributed by atoms with Crippen LogP contribution >= 0.6 is 15.9 Å². The third-order valence-corrected chi connectivity index (χ3v) is 2.63. The minimum absolute atomic E-state index is 0.216. The van der Waals surface area contributed by atoms with E-state index >= 15 is 0 Å². The highest BCUT2D eigenvalue weighted by Gasteiger charge is 2.01. The zero-order valence-corrected chi connectivity index (χ0v) is 9.24. The number of fused-ring (bicyclic) bond motifs is 1. The molecule has 0 radical (unpaired) electrons. The summed E-state index contributed by atoms with van der Waals surface area (Å²) in [6.45, 7) is 1.02. The molecule has 14 heavy (non-hydrogen) atoms. The normalized spacial score (nSPS) is 11.0. The Morgan fingerprint density at radius 3 is 3.07 bits per heavy atom. The van der Waals surface area contributed by atoms with Crippen molar-refractivity contribution in [3.63, 3.8) is 0 Å². The van der Waals surface area contributed by atoms with Crippen LogP contribution in [-0.4, -0.2) is 21.3 Å². The van der Waals surface area contributed by atoms with E-state index in [-0.39, 0.29) is 6.61 Å². The number of aromatic nitrogens is 2. The second-order valence-electron chi connectivity index (χ2n) is 3.15. The molecule has 0 spiro atoms. The summed E-state index contributed by atoms with van der Waals surface area (Å²) in [5.74, 6) is 0. The Balaban J connectivity index is 2.40. The molecule has 1 aromatic carbocycles. The van der Waals surface area contributed by atoms with Crippen molar-refractivity contribution in [1.82, 2.24) is 9.55 Å². The van der Waals surface area contributed by atoms with Crippen LogP contribution in [0.4, 0.5) is 0 Å². The average molecular weight is 255 g/mol. The van der Waals surface area contributed by atoms with Crippen molar-refractivity contribution in [1.29, 1.82) is 0 Å². The number of imidazole rings is 1. The van der Waals surface area contributed by atoms with Crippen LogP contribution in [0.15, 0.2) is 29.0 Å². The fraction of sp³-hybridized carbons (Fsp3) is 0.300. The van der Waals surface area contributed by atoms with E-state index < -0.39 is 0 Å². The Hall–Kier alpha value is -0.870. The molecule has 2 rings (SSSR count). The Bertz CT molecular complexity index is 439. The second kappa shape index (κ2) is 4.11. The molecule has 0 aliphatic heterocycles. The number of aliphatic hydroxyl groups is 1. The maximum Gasteiger partial charge on any atom is 0.0958 e. The summed E-state index contributed by atoms with van der Waals surface area (Å²) in [7, 11) is 0. The fourth-order valence-electron chi connectivity index (χ4n) is 1.45. The van der Waals surface area contributed by atoms with Gasteiger partial charge < -0.3 is 9.67 Å². The third kappa shape index (κ3) is 1.81. The Kier molecular flexibility index (Phi) is 2.84. The van der Waals surface area contributed by atoms with Gasteiger partial charge in [-0.15, -0.1) is 0 Å². The smallest absolute Gasteiger partial charge is 0.0958 e. The Morgan fingerprint density at radius 2 is 2.29 bits per heavy atom. The number of halogens is 1. The topological polar surface area (TPSA) is 38.0 Å². The zero-order chi connectivity index (χ0) is 9.97. The number of rotatable bonds is 3. The molecule has 1 N–H and O–H groups in total. The van der Waals surface area contributed by atoms with Crippen LogP contribution < -0.4 is 0 Å². The zero-order valence-electron chi connectivity index (χ0n) is 7.65. The summed E-state index contributed by atoms with van der Waals surface area (Å²) >= 11 is 3.43. The number of aryl methyl sites for hydroxylation is 1. The monoisotopic (exact) mass is 254 g/mol. The summed E-state index contributed by atoms with van der Waals surface area (Å²) in [5.41, 5.74) is 2.10. The van der Waals surface area contributed by atoms with Gasteiger partial charge in [-0.05, 0) is 24.6 Å². The van der Waals surface area contributed by atoms with Gasteiger partial charge in [0.1, 0.15) is 0 Å². The fourth-order valence-corrected chi connectivity index (χ4v) is 1.80. The standard InChI is InChI=1S/C10H11BrN2O/c11-8-2-3-9-10(6-8)13(7-12-9)4-1-5-14/h2-3,6-7,14H,1,4-5H2. The van der Waals surface area contributed by atoms with E-state index in [0.717, 1.165) is 28.5 Å². The molecule has 0 bridgehead atoms. The minimum atomic E-state index is 0.216. The Morgan fingerprint density at radius 1 is 1.43 bits per heavy atom. The van der Waals surface area contributed by atoms with Crippen molar-refractivity contribution >= 4 is 27.0 Å². The van der Waals surface area contributed by atoms with Crippen LogP contribution in [0.1, 0.15) is 6.42 Å². The van der Waals surface area contributed by atoms with E-state index in [1.54, 1.807) is 0 Å². The van der Waals surface area contributed by atoms with Gasteiger partial charge in [0.15, 0.2) is 0 Å². The van der Waals surface area contributed by atoms with Crippen molar-refractivity contribution in [3.8, 4) is 0 Å². The van der Waals surface area contributed by atoms with Gasteiger partial charge in [-0.25, -0.2) is 4.98 Å². The van der Waals surface area contributed by atoms with E-state index in [1.807, 2.05) is 24.5 Å². The number of benzene rings is 1. The van der Waals surface area contributed by atoms with Gasteiger partial charge in [0.05, 0.1) is 17.4 Å². The SMILES string of the molecule is OCCCn1cnc2ccc(Br)cc21. The lowest BCUT2D eigenvalue weighted by Crippen LogP contribution is -1.98. The van der Waals surface area contributed by atoms with Gasteiger partial charge in [0, 0.05) is 17.6 Å². The molecular weight excluding hydrogens is 244 g/mol. The molecule has 0 unspecified atom stereocenters. The number of hydrogen-bond acceptors (Lipinski definition) is 2. The van der Waals surface area contributed by atoms with Gasteiger partial charge in [0.2, 0.25) is 0 Å². The van der Waals surface area contributed by atoms with E-state index in [4.69, 9.17) is 5.11 Å². The predicted molar refractivity (Wildman–Crippen MR) is 59.1 cm³/mol. The van der Waals surface area contributed by atoms with Crippen LogP contribution in [0.3, 0.4) is 0 Å². The molecule has 0 aliphatic carbocycles. The highest BCUT2D eigenvalue weighted by Crippen LogP contribution is 2.18. The third-order valence-electron chi connectivity index (χ3n) is 2.14. The number of aliphatic hydroxyl groups excluding tert-OH is 1. The average Bonchev–Trinajstić information content (AvgIpc) is 2.57. The van der Waals surface area contributed by atoms with Crippen molar-refractivity contribution in [2.75, 3.05) is 6.61 Å². The molecule has 3 nitrogen and oxygen atoms in total. The van der Waals surface area contributed by atoms with E-state index in [2.05, 4.69) is 25.5 Å². The molecule has 0 amide bonds. The molecule has 0 saturated heterocycles. The summed E-state index contributed by atoms with van der Waals surface area (Å²) in [4.78, 5) is 4.27. The molecule has 74 valence electrons. The van der Waals surface area contributed by atoms with Gasteiger partial charge in [-0.2, -0.15) is 0 Å². The first kappa shape index (κ1) is 9.68. The number of hydrogen-bond donors (Lipinski definition) is 1. The first-order chi connectivity index (χ1) is 6.81. The molecule has 0 aliphatic rings. The van der Waals surface area contributed by atoms with E-state index in [1.165, 1.54) is 0 Å². The lowest BCUT2D eigenvalue weighted by atomic mass is 10.3. The lowest BCUT2D eigenvalue weighted by Gasteiger charge is -2.01. The first-order valence-electron chi connectivity index (χ1n) is 4.52. The van der Waals surface area contributed by atoms with Gasteiger partial charge in [-0.1, -0.05) is 15.9 Å². The lowest BCUT2D eigenvalue weighted by molar-refractivity contribution is 0.280. The maximum atomic E-state index is 8.75. The summed E-state index contributed by atoms with van der Waals surface area (Å²) in [5, 5.41) is 8.75. The van der Waals surface area contributed by atoms with E-state index in [9.17, 15) is 0 Å². The summed E-state index contributed by atoms with van der Waals surface area (Å²) in [6.07, 6.45) is 2.57. The number of nitrogens with zero attached hydrogens (tertiary/aromatic N) is 2. The largest absolute Gasteiger partial charge is 0.396 e.